The van der Waals surface area contributed by atoms with Crippen LogP contribution in [0.2, 0.25) is 0 Å². The van der Waals surface area contributed by atoms with Crippen molar-refractivity contribution in [3.8, 4) is 5.75 Å². The van der Waals surface area contributed by atoms with E-state index in [1.54, 1.807) is 18.3 Å². The van der Waals surface area contributed by atoms with Crippen molar-refractivity contribution in [2.75, 3.05) is 0 Å². The van der Waals surface area contributed by atoms with Crippen LogP contribution in [0, 0.1) is 0 Å². The molecule has 0 fully saturated rings. The lowest BCUT2D eigenvalue weighted by Crippen LogP contribution is -2.23. The first-order valence-corrected chi connectivity index (χ1v) is 6.19. The molecule has 1 amide bonds. The Bertz CT molecular complexity index is 723. The van der Waals surface area contributed by atoms with Gasteiger partial charge >= 0.3 is 6.36 Å². The topological polar surface area (TPSA) is 66.5 Å². The van der Waals surface area contributed by atoms with Crippen molar-refractivity contribution < 1.29 is 22.7 Å². The van der Waals surface area contributed by atoms with Gasteiger partial charge in [-0.3, -0.25) is 4.79 Å². The number of hydrogen-bond donors (Lipinski definition) is 2. The normalized spacial score (nSPS) is 12.0. The average Bonchev–Trinajstić information content (AvgIpc) is 2.45. The number of aromatic nitrogens is 1. The van der Waals surface area contributed by atoms with E-state index in [-0.39, 0.29) is 5.56 Å². The number of halogens is 3. The second kappa shape index (κ2) is 6.38. The molecule has 2 aromatic rings. The number of H-pyrrole nitrogens is 1. The third kappa shape index (κ3) is 4.69. The number of alkyl halides is 3. The van der Waals surface area contributed by atoms with E-state index < -0.39 is 18.0 Å². The molecule has 0 spiro atoms. The van der Waals surface area contributed by atoms with E-state index in [0.29, 0.717) is 5.49 Å². The summed E-state index contributed by atoms with van der Waals surface area (Å²) < 4.78 is 40.1. The quantitative estimate of drug-likeness (QED) is 0.637. The van der Waals surface area contributed by atoms with Crippen molar-refractivity contribution in [1.29, 1.82) is 0 Å². The van der Waals surface area contributed by atoms with Gasteiger partial charge in [-0.05, 0) is 30.5 Å². The van der Waals surface area contributed by atoms with E-state index in [9.17, 15) is 18.0 Å². The van der Waals surface area contributed by atoms with Crippen LogP contribution in [0.1, 0.15) is 10.4 Å². The fourth-order valence-electron chi connectivity index (χ4n) is 1.57. The lowest BCUT2D eigenvalue weighted by molar-refractivity contribution is -0.274. The minimum Gasteiger partial charge on any atom is -0.406 e. The summed E-state index contributed by atoms with van der Waals surface area (Å²) in [6.45, 7) is 0. The number of nitrogens with zero attached hydrogens (tertiary/aromatic N) is 1. The molecule has 0 aliphatic carbocycles. The molecule has 114 valence electrons. The number of carbonyl (C=O) groups excluding carboxylic acids is 1. The first-order valence-electron chi connectivity index (χ1n) is 6.19. The number of ether oxygens (including phenoxy) is 1. The van der Waals surface area contributed by atoms with Gasteiger partial charge in [-0.15, -0.1) is 13.2 Å². The Morgan fingerprint density at radius 3 is 2.68 bits per heavy atom. The van der Waals surface area contributed by atoms with E-state index in [4.69, 9.17) is 0 Å². The van der Waals surface area contributed by atoms with E-state index in [1.165, 1.54) is 12.1 Å². The van der Waals surface area contributed by atoms with Crippen LogP contribution >= 0.6 is 0 Å². The van der Waals surface area contributed by atoms with Gasteiger partial charge in [0.15, 0.2) is 0 Å². The molecule has 1 heterocycles. The molecule has 0 unspecified atom stereocenters. The van der Waals surface area contributed by atoms with Crippen LogP contribution < -0.4 is 21.1 Å². The van der Waals surface area contributed by atoms with Crippen molar-refractivity contribution in [3.05, 3.63) is 53.6 Å². The summed E-state index contributed by atoms with van der Waals surface area (Å²) in [6, 6.07) is 8.17. The van der Waals surface area contributed by atoms with E-state index in [0.717, 1.165) is 17.6 Å². The Hall–Kier alpha value is -2.71. The second-order valence-corrected chi connectivity index (χ2v) is 4.38. The summed E-state index contributed by atoms with van der Waals surface area (Å²) in [5.74, 6) is -1.12. The van der Waals surface area contributed by atoms with Crippen LogP contribution in [-0.4, -0.2) is 25.1 Å². The molecule has 0 atom stereocenters. The van der Waals surface area contributed by atoms with Gasteiger partial charge in [0.2, 0.25) is 0 Å². The molecule has 2 rings (SSSR count). The minimum absolute atomic E-state index is 0.00221. The summed E-state index contributed by atoms with van der Waals surface area (Å²) in [4.78, 5) is 14.7. The lowest BCUT2D eigenvalue weighted by atomic mass is 9.99. The average molecular weight is 309 g/mol. The first-order chi connectivity index (χ1) is 10.3. The molecule has 9 heteroatoms. The number of benzene rings is 1. The van der Waals surface area contributed by atoms with Crippen LogP contribution in [0.3, 0.4) is 0 Å². The Morgan fingerprint density at radius 1 is 1.27 bits per heavy atom. The molecule has 0 aliphatic rings. The zero-order valence-corrected chi connectivity index (χ0v) is 11.4. The Labute approximate surface area is 124 Å². The Kier molecular flexibility index (Phi) is 4.54. The van der Waals surface area contributed by atoms with Crippen LogP contribution in [-0.2, 0) is 0 Å². The van der Waals surface area contributed by atoms with Crippen molar-refractivity contribution in [2.24, 2.45) is 5.10 Å². The predicted octanol–water partition coefficient (Wildman–Crippen LogP) is 0.417. The second-order valence-electron chi connectivity index (χ2n) is 4.38. The van der Waals surface area contributed by atoms with Crippen LogP contribution in [0.4, 0.5) is 13.2 Å². The molecule has 0 radical (unpaired) electrons. The predicted molar refractivity (Wildman–Crippen MR) is 75.1 cm³/mol. The molecule has 22 heavy (non-hydrogen) atoms. The maximum Gasteiger partial charge on any atom is 0.573 e. The molecule has 2 N–H and O–H groups in total. The highest BCUT2D eigenvalue weighted by atomic mass is 19.4. The molecule has 5 nitrogen and oxygen atoms in total. The standard InChI is InChI=1S/C13H11BF3N3O2/c14-9-4-5-11(18-7-9)19-20-12(21)8-2-1-3-10(6-8)22-13(15,16)17/h1-7H,14H2,(H,18,19)(H,20,21). The number of carbonyl (C=O) groups is 1. The number of amides is 1. The van der Waals surface area contributed by atoms with Gasteiger partial charge in [-0.2, -0.15) is 5.10 Å². The number of hydrogen-bond acceptors (Lipinski definition) is 3. The molecule has 1 aromatic heterocycles. The van der Waals surface area contributed by atoms with Gasteiger partial charge in [0.05, 0.1) is 0 Å². The van der Waals surface area contributed by atoms with E-state index in [2.05, 4.69) is 20.2 Å². The van der Waals surface area contributed by atoms with Gasteiger partial charge in [0.1, 0.15) is 19.1 Å². The Balaban J connectivity index is 2.11. The molecular weight excluding hydrogens is 298 g/mol. The first kappa shape index (κ1) is 15.7. The van der Waals surface area contributed by atoms with Crippen LogP contribution in [0.5, 0.6) is 5.75 Å². The number of nitrogens with one attached hydrogen (secondary N) is 2. The number of pyridine rings is 1. The Morgan fingerprint density at radius 2 is 2.05 bits per heavy atom. The summed E-state index contributed by atoms with van der Waals surface area (Å²) in [5, 5.41) is 3.81. The highest BCUT2D eigenvalue weighted by molar-refractivity contribution is 6.31. The van der Waals surface area contributed by atoms with Crippen LogP contribution in [0.15, 0.2) is 47.7 Å². The van der Waals surface area contributed by atoms with E-state index >= 15 is 0 Å². The van der Waals surface area contributed by atoms with Crippen molar-refractivity contribution in [2.45, 2.75) is 6.36 Å². The van der Waals surface area contributed by atoms with Crippen molar-refractivity contribution >= 4 is 19.2 Å². The highest BCUT2D eigenvalue weighted by Gasteiger charge is 2.31. The van der Waals surface area contributed by atoms with Gasteiger partial charge in [-0.1, -0.05) is 17.6 Å². The molecular formula is C13H11BF3N3O2. The maximum atomic E-state index is 12.1. The zero-order chi connectivity index (χ0) is 16.2. The number of rotatable bonds is 3. The largest absolute Gasteiger partial charge is 0.573 e. The smallest absolute Gasteiger partial charge is 0.406 e. The zero-order valence-electron chi connectivity index (χ0n) is 11.4. The molecule has 0 saturated heterocycles. The minimum atomic E-state index is -4.81. The third-order valence-electron chi connectivity index (χ3n) is 2.56. The number of aromatic amines is 1. The lowest BCUT2D eigenvalue weighted by Gasteiger charge is -2.09. The fourth-order valence-corrected chi connectivity index (χ4v) is 1.57. The molecule has 0 aliphatic heterocycles. The van der Waals surface area contributed by atoms with Crippen molar-refractivity contribution in [3.63, 3.8) is 0 Å². The summed E-state index contributed by atoms with van der Waals surface area (Å²) in [6.07, 6.45) is -3.11. The molecule has 1 aromatic carbocycles. The monoisotopic (exact) mass is 309 g/mol. The third-order valence-corrected chi connectivity index (χ3v) is 2.56. The summed E-state index contributed by atoms with van der Waals surface area (Å²) in [5.41, 5.74) is 3.63. The van der Waals surface area contributed by atoms with Gasteiger partial charge in [-0.25, -0.2) is 5.43 Å². The summed E-state index contributed by atoms with van der Waals surface area (Å²) >= 11 is 0. The van der Waals surface area contributed by atoms with Gasteiger partial charge in [0, 0.05) is 5.56 Å². The molecule has 0 saturated carbocycles. The van der Waals surface area contributed by atoms with Gasteiger partial charge in [0.25, 0.3) is 5.91 Å². The highest BCUT2D eigenvalue weighted by Crippen LogP contribution is 2.23. The SMILES string of the molecule is Bc1cc/c(=N/NC(=O)c2cccc(OC(F)(F)F)c2)[nH]c1. The van der Waals surface area contributed by atoms with E-state index in [1.807, 2.05) is 7.85 Å². The van der Waals surface area contributed by atoms with Crippen molar-refractivity contribution in [1.82, 2.24) is 10.4 Å². The fraction of sp³-hybridized carbons (Fsp3) is 0.0769. The molecule has 0 bridgehead atoms. The van der Waals surface area contributed by atoms with Gasteiger partial charge < -0.3 is 9.72 Å². The summed E-state index contributed by atoms with van der Waals surface area (Å²) in [7, 11) is 1.88. The maximum absolute atomic E-state index is 12.1. The van der Waals surface area contributed by atoms with Crippen LogP contribution in [0.25, 0.3) is 0 Å².